The number of H-pyrrole nitrogens is 1. The van der Waals surface area contributed by atoms with Gasteiger partial charge in [-0.2, -0.15) is 10.2 Å². The first kappa shape index (κ1) is 18.6. The highest BCUT2D eigenvalue weighted by molar-refractivity contribution is 6.28. The standard InChI is InChI=1S/C27H19N3O2/c31-26-18-11-4-5-12-19(18)27(32)24(26)23-14-20(16-8-2-1-3-9-16)25(30-29-23)21-15-28-22-13-7-6-10-17(21)22/h1-15,20,24-25,28H. The second-order valence-electron chi connectivity index (χ2n) is 8.19. The molecule has 1 aromatic heterocycles. The van der Waals surface area contributed by atoms with Crippen LogP contribution in [0.3, 0.4) is 0 Å². The molecule has 0 saturated heterocycles. The van der Waals surface area contributed by atoms with Gasteiger partial charge in [-0.25, -0.2) is 0 Å². The molecule has 0 spiro atoms. The Morgan fingerprint density at radius 2 is 1.41 bits per heavy atom. The van der Waals surface area contributed by atoms with Crippen molar-refractivity contribution in [1.82, 2.24) is 4.98 Å². The summed E-state index contributed by atoms with van der Waals surface area (Å²) in [6, 6.07) is 24.9. The smallest absolute Gasteiger partial charge is 0.180 e. The van der Waals surface area contributed by atoms with Gasteiger partial charge in [-0.15, -0.1) is 0 Å². The number of carbonyl (C=O) groups excluding carboxylic acids is 2. The fourth-order valence-corrected chi connectivity index (χ4v) is 4.82. The summed E-state index contributed by atoms with van der Waals surface area (Å²) in [7, 11) is 0. The van der Waals surface area contributed by atoms with Gasteiger partial charge in [0.15, 0.2) is 11.6 Å². The van der Waals surface area contributed by atoms with Crippen molar-refractivity contribution in [3.63, 3.8) is 0 Å². The maximum atomic E-state index is 13.1. The molecule has 0 bridgehead atoms. The quantitative estimate of drug-likeness (QED) is 0.413. The van der Waals surface area contributed by atoms with E-state index in [4.69, 9.17) is 0 Å². The van der Waals surface area contributed by atoms with E-state index < -0.39 is 5.92 Å². The summed E-state index contributed by atoms with van der Waals surface area (Å²) >= 11 is 0. The van der Waals surface area contributed by atoms with Gasteiger partial charge in [0.1, 0.15) is 12.0 Å². The number of carbonyl (C=O) groups is 2. The van der Waals surface area contributed by atoms with Crippen LogP contribution < -0.4 is 0 Å². The van der Waals surface area contributed by atoms with E-state index >= 15 is 0 Å². The van der Waals surface area contributed by atoms with Gasteiger partial charge >= 0.3 is 0 Å². The van der Waals surface area contributed by atoms with Crippen LogP contribution in [0.2, 0.25) is 0 Å². The number of allylic oxidation sites excluding steroid dienone is 1. The highest BCUT2D eigenvalue weighted by Crippen LogP contribution is 2.44. The van der Waals surface area contributed by atoms with Crippen LogP contribution in [0.15, 0.2) is 107 Å². The lowest BCUT2D eigenvalue weighted by atomic mass is 9.84. The Balaban J connectivity index is 1.46. The van der Waals surface area contributed by atoms with Gasteiger partial charge in [0.2, 0.25) is 0 Å². The van der Waals surface area contributed by atoms with Crippen molar-refractivity contribution in [2.45, 2.75) is 12.0 Å². The summed E-state index contributed by atoms with van der Waals surface area (Å²) < 4.78 is 0. The van der Waals surface area contributed by atoms with Crippen molar-refractivity contribution in [2.75, 3.05) is 0 Å². The molecule has 4 aromatic rings. The fraction of sp³-hybridized carbons (Fsp3) is 0.111. The highest BCUT2D eigenvalue weighted by atomic mass is 16.2. The van der Waals surface area contributed by atoms with E-state index in [1.165, 1.54) is 0 Å². The van der Waals surface area contributed by atoms with Gasteiger partial charge in [0, 0.05) is 39.7 Å². The highest BCUT2D eigenvalue weighted by Gasteiger charge is 2.43. The molecule has 154 valence electrons. The minimum absolute atomic E-state index is 0.146. The SMILES string of the molecule is O=C1c2ccccc2C(=O)C1C1=CC(c2ccccc2)C(c2c[nH]c3ccccc23)N=N1. The van der Waals surface area contributed by atoms with Gasteiger partial charge in [-0.3, -0.25) is 9.59 Å². The van der Waals surface area contributed by atoms with Crippen molar-refractivity contribution in [2.24, 2.45) is 16.1 Å². The van der Waals surface area contributed by atoms with Crippen molar-refractivity contribution < 1.29 is 9.59 Å². The second-order valence-corrected chi connectivity index (χ2v) is 8.19. The van der Waals surface area contributed by atoms with E-state index in [0.29, 0.717) is 16.8 Å². The number of nitrogens with one attached hydrogen (secondary N) is 1. The van der Waals surface area contributed by atoms with Crippen molar-refractivity contribution in [3.8, 4) is 0 Å². The second kappa shape index (κ2) is 7.24. The number of aromatic nitrogens is 1. The van der Waals surface area contributed by atoms with E-state index in [0.717, 1.165) is 22.0 Å². The Kier molecular flexibility index (Phi) is 4.21. The summed E-state index contributed by atoms with van der Waals surface area (Å²) in [5, 5.41) is 10.2. The number of nitrogens with zero attached hydrogens (tertiary/aromatic N) is 2. The number of ketones is 2. The molecule has 6 rings (SSSR count). The Hall–Kier alpha value is -4.12. The number of benzene rings is 3. The summed E-state index contributed by atoms with van der Waals surface area (Å²) in [6.07, 6.45) is 3.94. The third-order valence-electron chi connectivity index (χ3n) is 6.39. The lowest BCUT2D eigenvalue weighted by molar-refractivity contribution is 0.0861. The molecular weight excluding hydrogens is 398 g/mol. The predicted molar refractivity (Wildman–Crippen MR) is 122 cm³/mol. The zero-order valence-electron chi connectivity index (χ0n) is 17.1. The van der Waals surface area contributed by atoms with Crippen LogP contribution in [-0.4, -0.2) is 16.6 Å². The largest absolute Gasteiger partial charge is 0.361 e. The Morgan fingerprint density at radius 3 is 2.16 bits per heavy atom. The molecule has 32 heavy (non-hydrogen) atoms. The first-order chi connectivity index (χ1) is 15.7. The number of hydrogen-bond donors (Lipinski definition) is 1. The molecule has 5 nitrogen and oxygen atoms in total. The van der Waals surface area contributed by atoms with Gasteiger partial charge in [0.25, 0.3) is 0 Å². The molecule has 3 aromatic carbocycles. The molecule has 0 amide bonds. The normalized spacial score (nSPS) is 20.6. The van der Waals surface area contributed by atoms with Gasteiger partial charge in [0.05, 0.1) is 5.70 Å². The number of rotatable bonds is 3. The molecule has 2 atom stereocenters. The van der Waals surface area contributed by atoms with Crippen molar-refractivity contribution in [1.29, 1.82) is 0 Å². The van der Waals surface area contributed by atoms with Gasteiger partial charge in [-0.05, 0) is 17.7 Å². The van der Waals surface area contributed by atoms with Crippen molar-refractivity contribution in [3.05, 3.63) is 119 Å². The van der Waals surface area contributed by atoms with Crippen molar-refractivity contribution >= 4 is 22.5 Å². The summed E-state index contributed by atoms with van der Waals surface area (Å²) in [4.78, 5) is 29.5. The van der Waals surface area contributed by atoms with Crippen LogP contribution in [-0.2, 0) is 0 Å². The molecule has 1 aliphatic carbocycles. The zero-order valence-corrected chi connectivity index (χ0v) is 17.1. The monoisotopic (exact) mass is 417 g/mol. The number of para-hydroxylation sites is 1. The Morgan fingerprint density at radius 1 is 0.750 bits per heavy atom. The van der Waals surface area contributed by atoms with Gasteiger partial charge < -0.3 is 4.98 Å². The Bertz CT molecular complexity index is 1400. The lowest BCUT2D eigenvalue weighted by Crippen LogP contribution is -2.20. The van der Waals surface area contributed by atoms with E-state index in [2.05, 4.69) is 33.4 Å². The topological polar surface area (TPSA) is 74.7 Å². The number of fused-ring (bicyclic) bond motifs is 2. The molecule has 2 unspecified atom stereocenters. The third kappa shape index (κ3) is 2.78. The average Bonchev–Trinajstić information content (AvgIpc) is 3.39. The number of azo groups is 1. The first-order valence-electron chi connectivity index (χ1n) is 10.6. The van der Waals surface area contributed by atoms with Crippen LogP contribution in [0.5, 0.6) is 0 Å². The molecule has 2 heterocycles. The summed E-state index contributed by atoms with van der Waals surface area (Å²) in [6.45, 7) is 0. The number of Topliss-reactive ketones (excluding diaryl/α,β-unsaturated/α-hetero) is 2. The average molecular weight is 417 g/mol. The zero-order chi connectivity index (χ0) is 21.7. The maximum absolute atomic E-state index is 13.1. The van der Waals surface area contributed by atoms with Gasteiger partial charge in [-0.1, -0.05) is 72.8 Å². The molecule has 1 N–H and O–H groups in total. The first-order valence-corrected chi connectivity index (χ1v) is 10.6. The molecule has 2 aliphatic rings. The van der Waals surface area contributed by atoms with Crippen LogP contribution in [0, 0.1) is 5.92 Å². The predicted octanol–water partition coefficient (Wildman–Crippen LogP) is 6.04. The van der Waals surface area contributed by atoms with Crippen LogP contribution in [0.1, 0.15) is 43.8 Å². The Labute approximate surface area is 184 Å². The fourth-order valence-electron chi connectivity index (χ4n) is 4.82. The van der Waals surface area contributed by atoms with Crippen LogP contribution in [0.25, 0.3) is 10.9 Å². The minimum Gasteiger partial charge on any atom is -0.361 e. The van der Waals surface area contributed by atoms with E-state index in [1.807, 2.05) is 48.7 Å². The summed E-state index contributed by atoms with van der Waals surface area (Å²) in [5.41, 5.74) is 4.51. The van der Waals surface area contributed by atoms with E-state index in [1.54, 1.807) is 24.3 Å². The van der Waals surface area contributed by atoms with E-state index in [-0.39, 0.29) is 23.5 Å². The van der Waals surface area contributed by atoms with E-state index in [9.17, 15) is 9.59 Å². The lowest BCUT2D eigenvalue weighted by Gasteiger charge is -2.26. The number of aromatic amines is 1. The molecule has 0 radical (unpaired) electrons. The third-order valence-corrected chi connectivity index (χ3v) is 6.39. The molecule has 0 saturated carbocycles. The molecule has 1 aliphatic heterocycles. The number of hydrogen-bond acceptors (Lipinski definition) is 4. The molecule has 5 heteroatoms. The molecular formula is C27H19N3O2. The minimum atomic E-state index is -0.925. The molecule has 0 fully saturated rings. The summed E-state index contributed by atoms with van der Waals surface area (Å²) in [5.74, 6) is -1.47. The van der Waals surface area contributed by atoms with Crippen LogP contribution in [0.4, 0.5) is 0 Å². The van der Waals surface area contributed by atoms with Crippen LogP contribution >= 0.6 is 0 Å². The maximum Gasteiger partial charge on any atom is 0.180 e.